The molecule has 2 aromatic carbocycles. The van der Waals surface area contributed by atoms with Gasteiger partial charge >= 0.3 is 0 Å². The Morgan fingerprint density at radius 1 is 1.22 bits per heavy atom. The van der Waals surface area contributed by atoms with Gasteiger partial charge in [0, 0.05) is 11.1 Å². The molecule has 0 saturated carbocycles. The van der Waals surface area contributed by atoms with Gasteiger partial charge in [-0.15, -0.1) is 0 Å². The van der Waals surface area contributed by atoms with Crippen molar-refractivity contribution >= 4 is 23.6 Å². The summed E-state index contributed by atoms with van der Waals surface area (Å²) >= 11 is 0.345. The van der Waals surface area contributed by atoms with Gasteiger partial charge in [0.1, 0.15) is 11.6 Å². The summed E-state index contributed by atoms with van der Waals surface area (Å²) in [6.45, 7) is 0. The largest absolute Gasteiger partial charge is 0.496 e. The van der Waals surface area contributed by atoms with Gasteiger partial charge in [0.15, 0.2) is 5.78 Å². The number of alkyl halides is 2. The van der Waals surface area contributed by atoms with E-state index in [0.717, 1.165) is 0 Å². The van der Waals surface area contributed by atoms with E-state index in [2.05, 4.69) is 0 Å². The first-order valence-corrected chi connectivity index (χ1v) is 7.49. The molecule has 0 radical (unpaired) electrons. The van der Waals surface area contributed by atoms with E-state index < -0.39 is 11.6 Å². The summed E-state index contributed by atoms with van der Waals surface area (Å²) in [6, 6.07) is 10.3. The van der Waals surface area contributed by atoms with Crippen molar-refractivity contribution in [2.45, 2.75) is 10.7 Å². The van der Waals surface area contributed by atoms with Crippen molar-refractivity contribution in [3.05, 3.63) is 65.5 Å². The number of ketones is 1. The Hall–Kier alpha value is -2.21. The molecule has 0 atom stereocenters. The van der Waals surface area contributed by atoms with E-state index in [9.17, 15) is 18.0 Å². The minimum Gasteiger partial charge on any atom is -0.496 e. The molecule has 2 aromatic rings. The molecule has 0 aliphatic heterocycles. The Labute approximate surface area is 136 Å². The van der Waals surface area contributed by atoms with Crippen LogP contribution in [0.5, 0.6) is 5.75 Å². The van der Waals surface area contributed by atoms with Gasteiger partial charge in [-0.3, -0.25) is 4.79 Å². The van der Waals surface area contributed by atoms with Crippen LogP contribution in [0.15, 0.2) is 53.4 Å². The highest BCUT2D eigenvalue weighted by Gasteiger charge is 2.13. The number of methoxy groups -OCH3 is 1. The molecule has 0 amide bonds. The van der Waals surface area contributed by atoms with Crippen LogP contribution in [0.4, 0.5) is 13.2 Å². The first-order chi connectivity index (χ1) is 11.0. The van der Waals surface area contributed by atoms with Gasteiger partial charge in [-0.05, 0) is 36.4 Å². The highest BCUT2D eigenvalue weighted by atomic mass is 32.2. The molecule has 0 unspecified atom stereocenters. The van der Waals surface area contributed by atoms with Crippen molar-refractivity contribution in [1.82, 2.24) is 0 Å². The molecule has 0 aliphatic rings. The van der Waals surface area contributed by atoms with E-state index in [4.69, 9.17) is 4.74 Å². The number of hydrogen-bond acceptors (Lipinski definition) is 3. The molecule has 0 saturated heterocycles. The van der Waals surface area contributed by atoms with Crippen LogP contribution in [0.3, 0.4) is 0 Å². The van der Waals surface area contributed by atoms with Gasteiger partial charge in [0.2, 0.25) is 0 Å². The number of ether oxygens (including phenoxy) is 1. The summed E-state index contributed by atoms with van der Waals surface area (Å²) in [5.74, 6) is -3.19. The van der Waals surface area contributed by atoms with Crippen molar-refractivity contribution < 1.29 is 22.7 Å². The Morgan fingerprint density at radius 2 is 1.96 bits per heavy atom. The third-order valence-corrected chi connectivity index (χ3v) is 3.75. The summed E-state index contributed by atoms with van der Waals surface area (Å²) in [4.78, 5) is 12.4. The lowest BCUT2D eigenvalue weighted by molar-refractivity contribution is 0.104. The van der Waals surface area contributed by atoms with Gasteiger partial charge < -0.3 is 4.74 Å². The van der Waals surface area contributed by atoms with Gasteiger partial charge in [-0.1, -0.05) is 30.0 Å². The molecule has 0 fully saturated rings. The molecule has 0 bridgehead atoms. The lowest BCUT2D eigenvalue weighted by Crippen LogP contribution is -1.97. The Bertz CT molecular complexity index is 730. The number of hydrogen-bond donors (Lipinski definition) is 0. The standard InChI is InChI=1S/C17H13F3O2S/c1-22-15-10-12(7-9-16(15)23-17(19)20)14(21)8-6-11-4-2-3-5-13(11)18/h2-10,17H,1H3/b8-6+. The average Bonchev–Trinajstić information content (AvgIpc) is 2.53. The summed E-state index contributed by atoms with van der Waals surface area (Å²) in [7, 11) is 1.34. The molecule has 0 N–H and O–H groups in total. The molecular formula is C17H13F3O2S. The van der Waals surface area contributed by atoms with Crippen molar-refractivity contribution in [3.63, 3.8) is 0 Å². The van der Waals surface area contributed by atoms with E-state index in [0.29, 0.717) is 11.8 Å². The maximum atomic E-state index is 13.5. The molecule has 0 aromatic heterocycles. The van der Waals surface area contributed by atoms with Crippen molar-refractivity contribution in [1.29, 1.82) is 0 Å². The molecule has 2 nitrogen and oxygen atoms in total. The highest BCUT2D eigenvalue weighted by Crippen LogP contribution is 2.34. The fourth-order valence-corrected chi connectivity index (χ4v) is 2.48. The topological polar surface area (TPSA) is 26.3 Å². The number of benzene rings is 2. The zero-order valence-electron chi connectivity index (χ0n) is 12.1. The maximum Gasteiger partial charge on any atom is 0.289 e. The quantitative estimate of drug-likeness (QED) is 0.419. The fraction of sp³-hybridized carbons (Fsp3) is 0.118. The Kier molecular flexibility index (Phi) is 5.87. The number of carbonyl (C=O) groups excluding carboxylic acids is 1. The van der Waals surface area contributed by atoms with E-state index in [1.54, 1.807) is 18.2 Å². The molecule has 0 heterocycles. The van der Waals surface area contributed by atoms with Gasteiger partial charge in [-0.25, -0.2) is 4.39 Å². The van der Waals surface area contributed by atoms with Crippen LogP contribution in [0.1, 0.15) is 15.9 Å². The normalized spacial score (nSPS) is 11.2. The molecule has 120 valence electrons. The lowest BCUT2D eigenvalue weighted by Gasteiger charge is -2.08. The van der Waals surface area contributed by atoms with E-state index in [1.807, 2.05) is 0 Å². The third kappa shape index (κ3) is 4.63. The number of halogens is 3. The number of carbonyl (C=O) groups is 1. The number of rotatable bonds is 6. The van der Waals surface area contributed by atoms with E-state index >= 15 is 0 Å². The predicted molar refractivity (Wildman–Crippen MR) is 84.6 cm³/mol. The maximum absolute atomic E-state index is 13.5. The monoisotopic (exact) mass is 338 g/mol. The molecule has 0 aliphatic carbocycles. The van der Waals surface area contributed by atoms with Crippen LogP contribution in [-0.4, -0.2) is 18.7 Å². The van der Waals surface area contributed by atoms with E-state index in [-0.39, 0.29) is 27.6 Å². The van der Waals surface area contributed by atoms with Crippen LogP contribution < -0.4 is 4.74 Å². The minimum absolute atomic E-state index is 0.195. The van der Waals surface area contributed by atoms with Crippen molar-refractivity contribution in [2.24, 2.45) is 0 Å². The first-order valence-electron chi connectivity index (χ1n) is 6.61. The second-order valence-electron chi connectivity index (χ2n) is 4.46. The zero-order chi connectivity index (χ0) is 16.8. The molecule has 23 heavy (non-hydrogen) atoms. The van der Waals surface area contributed by atoms with Crippen LogP contribution in [0, 0.1) is 5.82 Å². The SMILES string of the molecule is COc1cc(C(=O)/C=C/c2ccccc2F)ccc1SC(F)F. The van der Waals surface area contributed by atoms with Gasteiger partial charge in [-0.2, -0.15) is 8.78 Å². The minimum atomic E-state index is -2.58. The van der Waals surface area contributed by atoms with Crippen molar-refractivity contribution in [2.75, 3.05) is 7.11 Å². The summed E-state index contributed by atoms with van der Waals surface area (Å²) in [5.41, 5.74) is 0.561. The Balaban J connectivity index is 2.21. The van der Waals surface area contributed by atoms with Gasteiger partial charge in [0.25, 0.3) is 5.76 Å². The summed E-state index contributed by atoms with van der Waals surface area (Å²) in [6.07, 6.45) is 2.60. The third-order valence-electron chi connectivity index (χ3n) is 2.98. The van der Waals surface area contributed by atoms with E-state index in [1.165, 1.54) is 43.5 Å². The summed E-state index contributed by atoms with van der Waals surface area (Å²) in [5, 5.41) is 0. The number of thioether (sulfide) groups is 1. The Morgan fingerprint density at radius 3 is 2.61 bits per heavy atom. The van der Waals surface area contributed by atoms with Crippen molar-refractivity contribution in [3.8, 4) is 5.75 Å². The molecule has 0 spiro atoms. The molecular weight excluding hydrogens is 325 g/mol. The number of allylic oxidation sites excluding steroid dienone is 1. The average molecular weight is 338 g/mol. The lowest BCUT2D eigenvalue weighted by atomic mass is 10.1. The molecule has 2 rings (SSSR count). The zero-order valence-corrected chi connectivity index (χ0v) is 12.9. The van der Waals surface area contributed by atoms with Crippen LogP contribution in [-0.2, 0) is 0 Å². The van der Waals surface area contributed by atoms with Gasteiger partial charge in [0.05, 0.1) is 12.0 Å². The molecule has 6 heteroatoms. The highest BCUT2D eigenvalue weighted by molar-refractivity contribution is 7.99. The summed E-state index contributed by atoms with van der Waals surface area (Å²) < 4.78 is 43.4. The smallest absolute Gasteiger partial charge is 0.289 e. The van der Waals surface area contributed by atoms with Crippen LogP contribution in [0.2, 0.25) is 0 Å². The predicted octanol–water partition coefficient (Wildman–Crippen LogP) is 5.05. The van der Waals surface area contributed by atoms with Crippen LogP contribution in [0.25, 0.3) is 6.08 Å². The fourth-order valence-electron chi connectivity index (χ4n) is 1.89. The second-order valence-corrected chi connectivity index (χ2v) is 5.50. The van der Waals surface area contributed by atoms with Crippen LogP contribution >= 0.6 is 11.8 Å². The first kappa shape index (κ1) is 17.1. The second kappa shape index (κ2) is 7.87.